The normalized spacial score (nSPS) is 18.5. The summed E-state index contributed by atoms with van der Waals surface area (Å²) in [7, 11) is 0. The van der Waals surface area contributed by atoms with E-state index in [1.165, 1.54) is 0 Å². The zero-order chi connectivity index (χ0) is 21.3. The number of carbonyl (C=O) groups excluding carboxylic acids is 2. The number of amides is 1. The second-order valence-electron chi connectivity index (χ2n) is 7.14. The number of ether oxygens (including phenoxy) is 4. The van der Waals surface area contributed by atoms with E-state index in [1.54, 1.807) is 29.2 Å². The Kier molecular flexibility index (Phi) is 7.68. The van der Waals surface area contributed by atoms with Crippen LogP contribution in [0.15, 0.2) is 54.6 Å². The molecule has 0 N–H and O–H groups in total. The van der Waals surface area contributed by atoms with Crippen molar-refractivity contribution in [3.05, 3.63) is 60.2 Å². The lowest BCUT2D eigenvalue weighted by Crippen LogP contribution is -2.49. The van der Waals surface area contributed by atoms with Crippen LogP contribution in [0.4, 0.5) is 0 Å². The Morgan fingerprint density at radius 1 is 0.933 bits per heavy atom. The molecule has 2 atom stereocenters. The minimum atomic E-state index is -0.600. The van der Waals surface area contributed by atoms with Gasteiger partial charge in [-0.15, -0.1) is 0 Å². The van der Waals surface area contributed by atoms with Crippen LogP contribution in [-0.4, -0.2) is 61.9 Å². The Hall–Kier alpha value is -3.06. The zero-order valence-electron chi connectivity index (χ0n) is 17.3. The van der Waals surface area contributed by atoms with Crippen LogP contribution in [0.1, 0.15) is 24.2 Å². The summed E-state index contributed by atoms with van der Waals surface area (Å²) in [6.45, 7) is 5.09. The van der Waals surface area contributed by atoms with Gasteiger partial charge < -0.3 is 23.8 Å². The van der Waals surface area contributed by atoms with E-state index >= 15 is 0 Å². The maximum atomic E-state index is 12.5. The second kappa shape index (κ2) is 10.6. The summed E-state index contributed by atoms with van der Waals surface area (Å²) in [4.78, 5) is 26.6. The molecule has 0 saturated carbocycles. The molecule has 1 heterocycles. The molecule has 2 aromatic carbocycles. The first-order chi connectivity index (χ1) is 14.5. The van der Waals surface area contributed by atoms with E-state index in [2.05, 4.69) is 0 Å². The first-order valence-corrected chi connectivity index (χ1v) is 10.0. The van der Waals surface area contributed by atoms with Crippen LogP contribution >= 0.6 is 0 Å². The highest BCUT2D eigenvalue weighted by Gasteiger charge is 2.26. The molecule has 0 spiro atoms. The van der Waals surface area contributed by atoms with Gasteiger partial charge >= 0.3 is 5.97 Å². The largest absolute Gasteiger partial charge is 0.490 e. The molecule has 1 fully saturated rings. The van der Waals surface area contributed by atoms with Crippen LogP contribution in [-0.2, 0) is 14.3 Å². The average molecular weight is 413 g/mol. The molecule has 0 bridgehead atoms. The third-order valence-electron chi connectivity index (χ3n) is 4.56. The molecule has 30 heavy (non-hydrogen) atoms. The number of benzene rings is 2. The van der Waals surface area contributed by atoms with Gasteiger partial charge in [0, 0.05) is 13.1 Å². The molecule has 0 radical (unpaired) electrons. The van der Waals surface area contributed by atoms with Crippen LogP contribution in [0.25, 0.3) is 0 Å². The third kappa shape index (κ3) is 6.22. The fourth-order valence-corrected chi connectivity index (χ4v) is 3.27. The SMILES string of the molecule is C[C@H]1CN(C(=O)COC(=O)c2ccccc2OCCOc2ccccc2)C[C@H](C)O1. The van der Waals surface area contributed by atoms with Crippen molar-refractivity contribution in [1.82, 2.24) is 4.90 Å². The first-order valence-electron chi connectivity index (χ1n) is 10.0. The van der Waals surface area contributed by atoms with Crippen molar-refractivity contribution in [3.8, 4) is 11.5 Å². The van der Waals surface area contributed by atoms with Crippen LogP contribution in [0.3, 0.4) is 0 Å². The third-order valence-corrected chi connectivity index (χ3v) is 4.56. The number of rotatable bonds is 8. The van der Waals surface area contributed by atoms with Gasteiger partial charge in [-0.2, -0.15) is 0 Å². The molecule has 1 aliphatic rings. The number of nitrogens with zero attached hydrogens (tertiary/aromatic N) is 1. The summed E-state index contributed by atoms with van der Waals surface area (Å²) >= 11 is 0. The molecule has 0 aromatic heterocycles. The molecule has 1 saturated heterocycles. The molecule has 1 amide bonds. The van der Waals surface area contributed by atoms with E-state index in [1.807, 2.05) is 44.2 Å². The monoisotopic (exact) mass is 413 g/mol. The molecule has 7 nitrogen and oxygen atoms in total. The highest BCUT2D eigenvalue weighted by Crippen LogP contribution is 2.19. The fraction of sp³-hybridized carbons (Fsp3) is 0.391. The van der Waals surface area contributed by atoms with E-state index in [9.17, 15) is 9.59 Å². The topological polar surface area (TPSA) is 74.3 Å². The van der Waals surface area contributed by atoms with Gasteiger partial charge in [-0.1, -0.05) is 30.3 Å². The summed E-state index contributed by atoms with van der Waals surface area (Å²) in [6.07, 6.45) is -0.0822. The molecular formula is C23H27NO6. The van der Waals surface area contributed by atoms with Gasteiger partial charge in [-0.25, -0.2) is 4.79 Å². The highest BCUT2D eigenvalue weighted by molar-refractivity contribution is 5.94. The van der Waals surface area contributed by atoms with Gasteiger partial charge in [0.25, 0.3) is 5.91 Å². The van der Waals surface area contributed by atoms with Crippen molar-refractivity contribution in [2.75, 3.05) is 32.9 Å². The Morgan fingerprint density at radius 2 is 1.57 bits per heavy atom. The molecule has 7 heteroatoms. The van der Waals surface area contributed by atoms with E-state index in [0.29, 0.717) is 25.4 Å². The minimum Gasteiger partial charge on any atom is -0.490 e. The maximum Gasteiger partial charge on any atom is 0.342 e. The molecule has 2 aromatic rings. The molecule has 3 rings (SSSR count). The van der Waals surface area contributed by atoms with Crippen molar-refractivity contribution >= 4 is 11.9 Å². The smallest absolute Gasteiger partial charge is 0.342 e. The van der Waals surface area contributed by atoms with E-state index in [-0.39, 0.29) is 36.9 Å². The maximum absolute atomic E-state index is 12.5. The van der Waals surface area contributed by atoms with Gasteiger partial charge in [-0.05, 0) is 38.1 Å². The van der Waals surface area contributed by atoms with Gasteiger partial charge in [0.1, 0.15) is 30.3 Å². The number of para-hydroxylation sites is 2. The average Bonchev–Trinajstić information content (AvgIpc) is 2.75. The summed E-state index contributed by atoms with van der Waals surface area (Å²) in [5.41, 5.74) is 0.272. The number of hydrogen-bond donors (Lipinski definition) is 0. The molecule has 1 aliphatic heterocycles. The van der Waals surface area contributed by atoms with Gasteiger partial charge in [0.2, 0.25) is 0 Å². The predicted octanol–water partition coefficient (Wildman–Crippen LogP) is 2.94. The van der Waals surface area contributed by atoms with Crippen molar-refractivity contribution in [1.29, 1.82) is 0 Å². The second-order valence-corrected chi connectivity index (χ2v) is 7.14. The van der Waals surface area contributed by atoms with Crippen LogP contribution in [0, 0.1) is 0 Å². The van der Waals surface area contributed by atoms with E-state index in [0.717, 1.165) is 5.75 Å². The van der Waals surface area contributed by atoms with Gasteiger partial charge in [-0.3, -0.25) is 4.79 Å². The molecule has 0 unspecified atom stereocenters. The lowest BCUT2D eigenvalue weighted by molar-refractivity contribution is -0.146. The van der Waals surface area contributed by atoms with Crippen molar-refractivity contribution in [2.24, 2.45) is 0 Å². The highest BCUT2D eigenvalue weighted by atomic mass is 16.5. The fourth-order valence-electron chi connectivity index (χ4n) is 3.27. The lowest BCUT2D eigenvalue weighted by atomic mass is 10.2. The minimum absolute atomic E-state index is 0.0411. The van der Waals surface area contributed by atoms with Gasteiger partial charge in [0.05, 0.1) is 12.2 Å². The number of esters is 1. The van der Waals surface area contributed by atoms with Crippen molar-refractivity contribution in [2.45, 2.75) is 26.1 Å². The molecule has 0 aliphatic carbocycles. The Balaban J connectivity index is 1.49. The summed E-state index contributed by atoms with van der Waals surface area (Å²) in [6, 6.07) is 16.2. The summed E-state index contributed by atoms with van der Waals surface area (Å²) in [5.74, 6) is 0.302. The lowest BCUT2D eigenvalue weighted by Gasteiger charge is -2.35. The quantitative estimate of drug-likeness (QED) is 0.489. The number of hydrogen-bond acceptors (Lipinski definition) is 6. The number of morpholine rings is 1. The first kappa shape index (κ1) is 21.6. The zero-order valence-corrected chi connectivity index (χ0v) is 17.3. The summed E-state index contributed by atoms with van der Waals surface area (Å²) < 4.78 is 22.2. The van der Waals surface area contributed by atoms with Crippen molar-refractivity contribution in [3.63, 3.8) is 0 Å². The predicted molar refractivity (Wildman–Crippen MR) is 111 cm³/mol. The Labute approximate surface area is 176 Å². The molecular weight excluding hydrogens is 386 g/mol. The Bertz CT molecular complexity index is 831. The van der Waals surface area contributed by atoms with Gasteiger partial charge in [0.15, 0.2) is 6.61 Å². The van der Waals surface area contributed by atoms with Crippen LogP contribution in [0.2, 0.25) is 0 Å². The van der Waals surface area contributed by atoms with Crippen LogP contribution in [0.5, 0.6) is 11.5 Å². The van der Waals surface area contributed by atoms with E-state index < -0.39 is 5.97 Å². The number of carbonyl (C=O) groups is 2. The van der Waals surface area contributed by atoms with Crippen molar-refractivity contribution < 1.29 is 28.5 Å². The van der Waals surface area contributed by atoms with Crippen LogP contribution < -0.4 is 9.47 Å². The standard InChI is InChI=1S/C23H27NO6/c1-17-14-24(15-18(2)30-17)22(25)16-29-23(26)20-10-6-7-11-21(20)28-13-12-27-19-8-4-3-5-9-19/h3-11,17-18H,12-16H2,1-2H3/t17-,18-/m0/s1. The van der Waals surface area contributed by atoms with E-state index in [4.69, 9.17) is 18.9 Å². The molecule has 160 valence electrons. The Morgan fingerprint density at radius 3 is 2.30 bits per heavy atom. The summed E-state index contributed by atoms with van der Waals surface area (Å²) in [5, 5.41) is 0.